The van der Waals surface area contributed by atoms with E-state index in [1.165, 1.54) is 0 Å². The van der Waals surface area contributed by atoms with Crippen LogP contribution in [0.3, 0.4) is 0 Å². The Kier molecular flexibility index (Phi) is 2.25. The molecule has 0 spiro atoms. The SMILES string of the molecule is Clc1ccc(Cl)c(-c2cc[nH]n2)c1. The number of aromatic nitrogens is 2. The number of rotatable bonds is 1. The fourth-order valence-corrected chi connectivity index (χ4v) is 1.49. The van der Waals surface area contributed by atoms with Crippen LogP contribution in [0, 0.1) is 0 Å². The molecule has 0 saturated carbocycles. The van der Waals surface area contributed by atoms with Gasteiger partial charge in [-0.2, -0.15) is 5.10 Å². The Labute approximate surface area is 85.5 Å². The Morgan fingerprint density at radius 1 is 1.15 bits per heavy atom. The van der Waals surface area contributed by atoms with Gasteiger partial charge in [0.15, 0.2) is 0 Å². The second-order valence-electron chi connectivity index (χ2n) is 2.58. The van der Waals surface area contributed by atoms with Gasteiger partial charge in [0.25, 0.3) is 0 Å². The van der Waals surface area contributed by atoms with Gasteiger partial charge in [-0.25, -0.2) is 0 Å². The molecule has 0 saturated heterocycles. The van der Waals surface area contributed by atoms with Gasteiger partial charge in [0.05, 0.1) is 10.7 Å². The highest BCUT2D eigenvalue weighted by Gasteiger charge is 2.05. The molecule has 0 aliphatic heterocycles. The van der Waals surface area contributed by atoms with E-state index in [2.05, 4.69) is 10.2 Å². The second-order valence-corrected chi connectivity index (χ2v) is 3.43. The van der Waals surface area contributed by atoms with Crippen molar-refractivity contribution in [3.05, 3.63) is 40.5 Å². The molecular weight excluding hydrogens is 207 g/mol. The number of nitrogens with one attached hydrogen (secondary N) is 1. The Bertz CT molecular complexity index is 410. The van der Waals surface area contributed by atoms with Crippen LogP contribution in [-0.2, 0) is 0 Å². The fraction of sp³-hybridized carbons (Fsp3) is 0. The lowest BCUT2D eigenvalue weighted by atomic mass is 10.1. The molecule has 0 bridgehead atoms. The van der Waals surface area contributed by atoms with E-state index in [9.17, 15) is 0 Å². The van der Waals surface area contributed by atoms with Gasteiger partial charge in [-0.1, -0.05) is 23.2 Å². The quantitative estimate of drug-likeness (QED) is 0.772. The molecule has 1 aromatic heterocycles. The number of H-pyrrole nitrogens is 1. The first-order valence-corrected chi connectivity index (χ1v) is 4.48. The van der Waals surface area contributed by atoms with Gasteiger partial charge in [0.2, 0.25) is 0 Å². The van der Waals surface area contributed by atoms with Crippen LogP contribution in [0.5, 0.6) is 0 Å². The van der Waals surface area contributed by atoms with Crippen molar-refractivity contribution in [3.63, 3.8) is 0 Å². The van der Waals surface area contributed by atoms with Gasteiger partial charge >= 0.3 is 0 Å². The number of benzene rings is 1. The first-order chi connectivity index (χ1) is 6.27. The van der Waals surface area contributed by atoms with Crippen molar-refractivity contribution in [3.8, 4) is 11.3 Å². The molecule has 0 aliphatic carbocycles. The Hall–Kier alpha value is -0.990. The van der Waals surface area contributed by atoms with E-state index >= 15 is 0 Å². The van der Waals surface area contributed by atoms with E-state index in [1.54, 1.807) is 24.4 Å². The third-order valence-electron chi connectivity index (χ3n) is 1.71. The van der Waals surface area contributed by atoms with Crippen molar-refractivity contribution in [2.45, 2.75) is 0 Å². The summed E-state index contributed by atoms with van der Waals surface area (Å²) in [5.74, 6) is 0. The second kappa shape index (κ2) is 3.40. The predicted octanol–water partition coefficient (Wildman–Crippen LogP) is 3.38. The average Bonchev–Trinajstić information content (AvgIpc) is 2.61. The maximum atomic E-state index is 5.98. The van der Waals surface area contributed by atoms with Crippen molar-refractivity contribution in [2.75, 3.05) is 0 Å². The molecule has 0 radical (unpaired) electrons. The van der Waals surface area contributed by atoms with E-state index in [0.717, 1.165) is 11.3 Å². The largest absolute Gasteiger partial charge is 0.285 e. The molecular formula is C9H6Cl2N2. The summed E-state index contributed by atoms with van der Waals surface area (Å²) in [6.45, 7) is 0. The summed E-state index contributed by atoms with van der Waals surface area (Å²) in [6.07, 6.45) is 1.74. The molecule has 2 rings (SSSR count). The van der Waals surface area contributed by atoms with Crippen LogP contribution < -0.4 is 0 Å². The average molecular weight is 213 g/mol. The van der Waals surface area contributed by atoms with Crippen molar-refractivity contribution in [1.29, 1.82) is 0 Å². The van der Waals surface area contributed by atoms with Crippen molar-refractivity contribution >= 4 is 23.2 Å². The lowest BCUT2D eigenvalue weighted by molar-refractivity contribution is 1.10. The van der Waals surface area contributed by atoms with Crippen LogP contribution in [0.2, 0.25) is 10.0 Å². The van der Waals surface area contributed by atoms with Crippen LogP contribution in [-0.4, -0.2) is 10.2 Å². The smallest absolute Gasteiger partial charge is 0.0936 e. The van der Waals surface area contributed by atoms with Crippen LogP contribution in [0.4, 0.5) is 0 Å². The minimum atomic E-state index is 0.650. The van der Waals surface area contributed by atoms with Gasteiger partial charge in [-0.15, -0.1) is 0 Å². The van der Waals surface area contributed by atoms with Gasteiger partial charge in [-0.05, 0) is 24.3 Å². The topological polar surface area (TPSA) is 28.7 Å². The zero-order valence-corrected chi connectivity index (χ0v) is 8.10. The maximum absolute atomic E-state index is 5.98. The third kappa shape index (κ3) is 1.69. The molecule has 0 unspecified atom stereocenters. The van der Waals surface area contributed by atoms with E-state index in [4.69, 9.17) is 23.2 Å². The number of hydrogen-bond donors (Lipinski definition) is 1. The molecule has 2 nitrogen and oxygen atoms in total. The van der Waals surface area contributed by atoms with E-state index in [-0.39, 0.29) is 0 Å². The molecule has 0 atom stereocenters. The molecule has 2 aromatic rings. The highest BCUT2D eigenvalue weighted by molar-refractivity contribution is 6.35. The van der Waals surface area contributed by atoms with Gasteiger partial charge < -0.3 is 0 Å². The van der Waals surface area contributed by atoms with Crippen LogP contribution >= 0.6 is 23.2 Å². The van der Waals surface area contributed by atoms with Gasteiger partial charge in [0, 0.05) is 16.8 Å². The summed E-state index contributed by atoms with van der Waals surface area (Å²) < 4.78 is 0. The summed E-state index contributed by atoms with van der Waals surface area (Å²) in [5, 5.41) is 8.05. The molecule has 1 N–H and O–H groups in total. The first kappa shape index (κ1) is 8.60. The highest BCUT2D eigenvalue weighted by Crippen LogP contribution is 2.28. The molecule has 66 valence electrons. The first-order valence-electron chi connectivity index (χ1n) is 3.72. The molecule has 1 heterocycles. The third-order valence-corrected chi connectivity index (χ3v) is 2.27. The zero-order chi connectivity index (χ0) is 9.26. The molecule has 1 aromatic carbocycles. The van der Waals surface area contributed by atoms with Crippen LogP contribution in [0.25, 0.3) is 11.3 Å². The lowest BCUT2D eigenvalue weighted by Gasteiger charge is -2.00. The Morgan fingerprint density at radius 3 is 2.69 bits per heavy atom. The summed E-state index contributed by atoms with van der Waals surface area (Å²) in [6, 6.07) is 7.14. The number of halogens is 2. The molecule has 0 aliphatic rings. The minimum Gasteiger partial charge on any atom is -0.285 e. The molecule has 0 fully saturated rings. The lowest BCUT2D eigenvalue weighted by Crippen LogP contribution is -1.79. The number of nitrogens with zero attached hydrogens (tertiary/aromatic N) is 1. The monoisotopic (exact) mass is 212 g/mol. The minimum absolute atomic E-state index is 0.650. The highest BCUT2D eigenvalue weighted by atomic mass is 35.5. The zero-order valence-electron chi connectivity index (χ0n) is 6.59. The Balaban J connectivity index is 2.57. The van der Waals surface area contributed by atoms with E-state index in [1.807, 2.05) is 6.07 Å². The maximum Gasteiger partial charge on any atom is 0.0936 e. The molecule has 0 amide bonds. The van der Waals surface area contributed by atoms with E-state index in [0.29, 0.717) is 10.0 Å². The van der Waals surface area contributed by atoms with Crippen molar-refractivity contribution in [1.82, 2.24) is 10.2 Å². The van der Waals surface area contributed by atoms with E-state index < -0.39 is 0 Å². The summed E-state index contributed by atoms with van der Waals surface area (Å²) >= 11 is 11.8. The fourth-order valence-electron chi connectivity index (χ4n) is 1.10. The van der Waals surface area contributed by atoms with Crippen molar-refractivity contribution in [2.24, 2.45) is 0 Å². The van der Waals surface area contributed by atoms with Crippen LogP contribution in [0.15, 0.2) is 30.5 Å². The molecule has 13 heavy (non-hydrogen) atoms. The molecule has 4 heteroatoms. The summed E-state index contributed by atoms with van der Waals surface area (Å²) in [5.41, 5.74) is 1.64. The summed E-state index contributed by atoms with van der Waals surface area (Å²) in [4.78, 5) is 0. The number of hydrogen-bond acceptors (Lipinski definition) is 1. The number of aromatic amines is 1. The van der Waals surface area contributed by atoms with Crippen LogP contribution in [0.1, 0.15) is 0 Å². The normalized spacial score (nSPS) is 10.3. The Morgan fingerprint density at radius 2 is 2.00 bits per heavy atom. The predicted molar refractivity (Wildman–Crippen MR) is 54.0 cm³/mol. The standard InChI is InChI=1S/C9H6Cl2N2/c10-6-1-2-8(11)7(5-6)9-3-4-12-13-9/h1-5H,(H,12,13). The van der Waals surface area contributed by atoms with Gasteiger partial charge in [0.1, 0.15) is 0 Å². The van der Waals surface area contributed by atoms with Gasteiger partial charge in [-0.3, -0.25) is 5.10 Å². The summed E-state index contributed by atoms with van der Waals surface area (Å²) in [7, 11) is 0. The van der Waals surface area contributed by atoms with Crippen molar-refractivity contribution < 1.29 is 0 Å².